The van der Waals surface area contributed by atoms with Crippen LogP contribution in [0.5, 0.6) is 0 Å². The highest BCUT2D eigenvalue weighted by atomic mass is 16.3. The van der Waals surface area contributed by atoms with Crippen molar-refractivity contribution >= 4 is 0 Å². The maximum absolute atomic E-state index is 9.72. The SMILES string of the molecule is N.[O]CCCCCO. The van der Waals surface area contributed by atoms with Gasteiger partial charge in [0.15, 0.2) is 0 Å². The van der Waals surface area contributed by atoms with E-state index in [2.05, 4.69) is 0 Å². The Labute approximate surface area is 49.9 Å². The van der Waals surface area contributed by atoms with E-state index in [4.69, 9.17) is 5.11 Å². The van der Waals surface area contributed by atoms with Crippen molar-refractivity contribution in [1.29, 1.82) is 0 Å². The molecule has 0 saturated heterocycles. The number of unbranched alkanes of at least 4 members (excludes halogenated alkanes) is 2. The van der Waals surface area contributed by atoms with E-state index in [1.165, 1.54) is 0 Å². The van der Waals surface area contributed by atoms with Gasteiger partial charge in [-0.2, -0.15) is 0 Å². The zero-order chi connectivity index (χ0) is 5.54. The summed E-state index contributed by atoms with van der Waals surface area (Å²) in [6.07, 6.45) is 2.36. The molecule has 3 nitrogen and oxygen atoms in total. The fraction of sp³-hybridized carbons (Fsp3) is 1.00. The highest BCUT2D eigenvalue weighted by molar-refractivity contribution is 4.35. The number of aliphatic hydroxyl groups is 1. The summed E-state index contributed by atoms with van der Waals surface area (Å²) in [4.78, 5) is 0. The molecule has 0 aromatic rings. The minimum Gasteiger partial charge on any atom is -0.396 e. The third kappa shape index (κ3) is 9.30. The normalized spacial score (nSPS) is 8.25. The summed E-state index contributed by atoms with van der Waals surface area (Å²) in [5.74, 6) is 0. The predicted octanol–water partition coefficient (Wildman–Crippen LogP) is 0.741. The molecule has 0 fully saturated rings. The lowest BCUT2D eigenvalue weighted by Crippen LogP contribution is -1.84. The van der Waals surface area contributed by atoms with Gasteiger partial charge < -0.3 is 11.3 Å². The molecule has 0 bridgehead atoms. The Balaban J connectivity index is 0. The molecule has 0 atom stereocenters. The summed E-state index contributed by atoms with van der Waals surface area (Å²) in [7, 11) is 0. The molecular weight excluding hydrogens is 106 g/mol. The Bertz CT molecular complexity index is 29.6. The first kappa shape index (κ1) is 10.8. The number of aliphatic hydroxyl groups excluding tert-OH is 1. The molecule has 0 aromatic carbocycles. The molecule has 0 aromatic heterocycles. The molecule has 1 radical (unpaired) electrons. The topological polar surface area (TPSA) is 75.1 Å². The summed E-state index contributed by atoms with van der Waals surface area (Å²) in [6, 6.07) is 0. The van der Waals surface area contributed by atoms with Gasteiger partial charge in [0.05, 0.1) is 6.61 Å². The Kier molecular flexibility index (Phi) is 13.5. The van der Waals surface area contributed by atoms with Crippen molar-refractivity contribution in [2.75, 3.05) is 13.2 Å². The smallest absolute Gasteiger partial charge is 0.0822 e. The minimum absolute atomic E-state index is 0. The number of hydrogen-bond donors (Lipinski definition) is 2. The molecule has 0 aliphatic heterocycles. The first-order valence-corrected chi connectivity index (χ1v) is 2.60. The van der Waals surface area contributed by atoms with E-state index < -0.39 is 0 Å². The summed E-state index contributed by atoms with van der Waals surface area (Å²) >= 11 is 0. The van der Waals surface area contributed by atoms with Gasteiger partial charge in [-0.1, -0.05) is 0 Å². The van der Waals surface area contributed by atoms with Gasteiger partial charge in [-0.3, -0.25) is 0 Å². The summed E-state index contributed by atoms with van der Waals surface area (Å²) in [5.41, 5.74) is 0. The molecule has 0 rings (SSSR count). The fourth-order valence-corrected chi connectivity index (χ4v) is 0.391. The Morgan fingerprint density at radius 2 is 1.75 bits per heavy atom. The van der Waals surface area contributed by atoms with Gasteiger partial charge in [-0.25, -0.2) is 5.11 Å². The number of hydrogen-bond acceptors (Lipinski definition) is 2. The second kappa shape index (κ2) is 9.99. The average Bonchev–Trinajstić information content (AvgIpc) is 1.69. The van der Waals surface area contributed by atoms with E-state index in [1.54, 1.807) is 0 Å². The van der Waals surface area contributed by atoms with Gasteiger partial charge in [-0.05, 0) is 19.3 Å². The van der Waals surface area contributed by atoms with Crippen molar-refractivity contribution in [3.05, 3.63) is 0 Å². The van der Waals surface area contributed by atoms with Crippen LogP contribution >= 0.6 is 0 Å². The van der Waals surface area contributed by atoms with Crippen molar-refractivity contribution in [1.82, 2.24) is 6.15 Å². The molecule has 0 spiro atoms. The standard InChI is InChI=1S/C5H11O2.H3N/c6-4-2-1-3-5-7;/h6H,1-5H2;1H3. The largest absolute Gasteiger partial charge is 0.396 e. The molecule has 51 valence electrons. The first-order valence-electron chi connectivity index (χ1n) is 2.60. The average molecular weight is 120 g/mol. The lowest BCUT2D eigenvalue weighted by Gasteiger charge is -1.88. The third-order valence-corrected chi connectivity index (χ3v) is 0.802. The van der Waals surface area contributed by atoms with E-state index >= 15 is 0 Å². The Hall–Kier alpha value is -0.120. The van der Waals surface area contributed by atoms with Gasteiger partial charge in [0.2, 0.25) is 0 Å². The van der Waals surface area contributed by atoms with Crippen LogP contribution in [0.15, 0.2) is 0 Å². The maximum Gasteiger partial charge on any atom is 0.0822 e. The monoisotopic (exact) mass is 120 g/mol. The van der Waals surface area contributed by atoms with Crippen LogP contribution in [0.3, 0.4) is 0 Å². The van der Waals surface area contributed by atoms with Crippen LogP contribution in [0.4, 0.5) is 0 Å². The second-order valence-corrected chi connectivity index (χ2v) is 1.49. The van der Waals surface area contributed by atoms with E-state index in [1.807, 2.05) is 0 Å². The van der Waals surface area contributed by atoms with Crippen LogP contribution in [0.25, 0.3) is 0 Å². The summed E-state index contributed by atoms with van der Waals surface area (Å²) < 4.78 is 0. The Morgan fingerprint density at radius 1 is 1.12 bits per heavy atom. The van der Waals surface area contributed by atoms with Crippen molar-refractivity contribution in [3.8, 4) is 0 Å². The lowest BCUT2D eigenvalue weighted by molar-refractivity contribution is 0.182. The van der Waals surface area contributed by atoms with Crippen molar-refractivity contribution in [2.45, 2.75) is 19.3 Å². The molecule has 0 aliphatic carbocycles. The highest BCUT2D eigenvalue weighted by Crippen LogP contribution is 1.90. The predicted molar refractivity (Wildman–Crippen MR) is 31.5 cm³/mol. The molecular formula is C5H14NO2. The van der Waals surface area contributed by atoms with Crippen molar-refractivity contribution in [3.63, 3.8) is 0 Å². The first-order chi connectivity index (χ1) is 3.41. The maximum atomic E-state index is 9.72. The quantitative estimate of drug-likeness (QED) is 0.537. The summed E-state index contributed by atoms with van der Waals surface area (Å²) in [5, 5.41) is 17.9. The van der Waals surface area contributed by atoms with E-state index in [9.17, 15) is 5.11 Å². The number of rotatable bonds is 4. The molecule has 0 unspecified atom stereocenters. The van der Waals surface area contributed by atoms with Crippen molar-refractivity contribution < 1.29 is 10.2 Å². The second-order valence-electron chi connectivity index (χ2n) is 1.49. The molecule has 4 N–H and O–H groups in total. The van der Waals surface area contributed by atoms with Gasteiger partial charge in [-0.15, -0.1) is 0 Å². The fourth-order valence-electron chi connectivity index (χ4n) is 0.391. The van der Waals surface area contributed by atoms with E-state index in [0.717, 1.165) is 12.8 Å². The van der Waals surface area contributed by atoms with Crippen LogP contribution in [-0.2, 0) is 5.11 Å². The van der Waals surface area contributed by atoms with Gasteiger partial charge in [0, 0.05) is 6.61 Å². The van der Waals surface area contributed by atoms with E-state index in [0.29, 0.717) is 6.42 Å². The molecule has 0 amide bonds. The van der Waals surface area contributed by atoms with Crippen LogP contribution < -0.4 is 6.15 Å². The van der Waals surface area contributed by atoms with Gasteiger partial charge in [0.1, 0.15) is 0 Å². The highest BCUT2D eigenvalue weighted by Gasteiger charge is 1.82. The molecule has 0 heterocycles. The third-order valence-electron chi connectivity index (χ3n) is 0.802. The van der Waals surface area contributed by atoms with Crippen LogP contribution in [0, 0.1) is 0 Å². The molecule has 3 heteroatoms. The van der Waals surface area contributed by atoms with Crippen LogP contribution in [-0.4, -0.2) is 18.3 Å². The van der Waals surface area contributed by atoms with Gasteiger partial charge in [0.25, 0.3) is 0 Å². The van der Waals surface area contributed by atoms with E-state index in [-0.39, 0.29) is 19.4 Å². The lowest BCUT2D eigenvalue weighted by atomic mass is 10.2. The zero-order valence-electron chi connectivity index (χ0n) is 5.10. The summed E-state index contributed by atoms with van der Waals surface area (Å²) in [6.45, 7) is 0.222. The molecule has 0 saturated carbocycles. The van der Waals surface area contributed by atoms with Crippen molar-refractivity contribution in [2.24, 2.45) is 0 Å². The zero-order valence-corrected chi connectivity index (χ0v) is 5.10. The van der Waals surface area contributed by atoms with Gasteiger partial charge >= 0.3 is 0 Å². The van der Waals surface area contributed by atoms with Crippen LogP contribution in [0.1, 0.15) is 19.3 Å². The minimum atomic E-state index is 0. The Morgan fingerprint density at radius 3 is 2.12 bits per heavy atom. The van der Waals surface area contributed by atoms with Crippen LogP contribution in [0.2, 0.25) is 0 Å². The molecule has 8 heavy (non-hydrogen) atoms. The molecule has 0 aliphatic rings.